The minimum atomic E-state index is -0.729. The average Bonchev–Trinajstić information content (AvgIpc) is 2.60. The number of β-amino-alcohol motifs (C(OH)–C–C–N with tert-alkyl or cyclic N) is 1. The standard InChI is InChI=1S/C11H10ClN3O2/c12-8-1-2-9(14)11(7(8)4-13)15-5-6(16)3-10(15)17/h1-2,6,16H,3,5,14H2. The number of nitriles is 1. The average molecular weight is 252 g/mol. The van der Waals surface area contributed by atoms with Crippen LogP contribution in [0.2, 0.25) is 5.02 Å². The zero-order chi connectivity index (χ0) is 12.6. The molecule has 0 aromatic heterocycles. The van der Waals surface area contributed by atoms with E-state index >= 15 is 0 Å². The molecular formula is C11H10ClN3O2. The van der Waals surface area contributed by atoms with Crippen LogP contribution in [0.5, 0.6) is 0 Å². The first-order chi connectivity index (χ1) is 8.04. The van der Waals surface area contributed by atoms with Gasteiger partial charge in [0.05, 0.1) is 41.0 Å². The Labute approximate surface area is 103 Å². The number of nitrogen functional groups attached to an aromatic ring is 1. The van der Waals surface area contributed by atoms with Crippen LogP contribution in [0.3, 0.4) is 0 Å². The fraction of sp³-hybridized carbons (Fsp3) is 0.273. The number of nitrogens with zero attached hydrogens (tertiary/aromatic N) is 2. The van der Waals surface area contributed by atoms with Crippen molar-refractivity contribution in [3.05, 3.63) is 22.7 Å². The molecule has 1 atom stereocenters. The number of amides is 1. The van der Waals surface area contributed by atoms with Crippen LogP contribution in [0.4, 0.5) is 11.4 Å². The molecule has 1 amide bonds. The lowest BCUT2D eigenvalue weighted by atomic mass is 10.1. The van der Waals surface area contributed by atoms with Gasteiger partial charge in [-0.2, -0.15) is 5.26 Å². The summed E-state index contributed by atoms with van der Waals surface area (Å²) in [7, 11) is 0. The van der Waals surface area contributed by atoms with Gasteiger partial charge in [-0.15, -0.1) is 0 Å². The molecule has 1 aliphatic heterocycles. The Bertz CT molecular complexity index is 524. The van der Waals surface area contributed by atoms with E-state index in [1.165, 1.54) is 17.0 Å². The van der Waals surface area contributed by atoms with Gasteiger partial charge in [-0.25, -0.2) is 0 Å². The molecule has 17 heavy (non-hydrogen) atoms. The van der Waals surface area contributed by atoms with E-state index in [1.807, 2.05) is 6.07 Å². The van der Waals surface area contributed by atoms with Gasteiger partial charge in [0.2, 0.25) is 5.91 Å². The van der Waals surface area contributed by atoms with E-state index < -0.39 is 6.10 Å². The number of carbonyl (C=O) groups excluding carboxylic acids is 1. The fourth-order valence-corrected chi connectivity index (χ4v) is 2.08. The van der Waals surface area contributed by atoms with Gasteiger partial charge in [0.15, 0.2) is 0 Å². The van der Waals surface area contributed by atoms with Gasteiger partial charge in [-0.1, -0.05) is 11.6 Å². The lowest BCUT2D eigenvalue weighted by Crippen LogP contribution is -2.27. The summed E-state index contributed by atoms with van der Waals surface area (Å²) in [5.41, 5.74) is 6.52. The third kappa shape index (κ3) is 1.93. The van der Waals surface area contributed by atoms with Gasteiger partial charge in [0.25, 0.3) is 0 Å². The molecule has 1 aromatic rings. The van der Waals surface area contributed by atoms with E-state index in [-0.39, 0.29) is 29.5 Å². The van der Waals surface area contributed by atoms with Crippen LogP contribution >= 0.6 is 11.6 Å². The van der Waals surface area contributed by atoms with Crippen molar-refractivity contribution >= 4 is 28.9 Å². The summed E-state index contributed by atoms with van der Waals surface area (Å²) in [6.45, 7) is 0.137. The third-order valence-electron chi connectivity index (χ3n) is 2.64. The van der Waals surface area contributed by atoms with E-state index in [0.29, 0.717) is 11.4 Å². The number of hydrogen-bond donors (Lipinski definition) is 2. The van der Waals surface area contributed by atoms with Crippen molar-refractivity contribution in [2.45, 2.75) is 12.5 Å². The van der Waals surface area contributed by atoms with E-state index in [4.69, 9.17) is 22.6 Å². The Hall–Kier alpha value is -1.77. The second-order valence-electron chi connectivity index (χ2n) is 3.83. The van der Waals surface area contributed by atoms with Crippen LogP contribution in [-0.4, -0.2) is 23.7 Å². The van der Waals surface area contributed by atoms with Gasteiger partial charge < -0.3 is 15.7 Å². The first-order valence-corrected chi connectivity index (χ1v) is 5.39. The van der Waals surface area contributed by atoms with Gasteiger partial charge in [0.1, 0.15) is 6.07 Å². The number of anilines is 2. The van der Waals surface area contributed by atoms with Crippen molar-refractivity contribution in [2.24, 2.45) is 0 Å². The Balaban J connectivity index is 2.56. The predicted octanol–water partition coefficient (Wildman–Crippen LogP) is 0.891. The summed E-state index contributed by atoms with van der Waals surface area (Å²) < 4.78 is 0. The zero-order valence-electron chi connectivity index (χ0n) is 8.85. The molecule has 0 aliphatic carbocycles. The molecule has 1 unspecified atom stereocenters. The first-order valence-electron chi connectivity index (χ1n) is 5.01. The van der Waals surface area contributed by atoms with Gasteiger partial charge in [-0.3, -0.25) is 4.79 Å². The van der Waals surface area contributed by atoms with Crippen LogP contribution in [0.25, 0.3) is 0 Å². The van der Waals surface area contributed by atoms with E-state index in [0.717, 1.165) is 0 Å². The SMILES string of the molecule is N#Cc1c(Cl)ccc(N)c1N1CC(O)CC1=O. The molecule has 5 nitrogen and oxygen atoms in total. The van der Waals surface area contributed by atoms with Crippen molar-refractivity contribution in [3.8, 4) is 6.07 Å². The Morgan fingerprint density at radius 3 is 2.82 bits per heavy atom. The second-order valence-corrected chi connectivity index (χ2v) is 4.24. The van der Waals surface area contributed by atoms with Crippen molar-refractivity contribution in [1.82, 2.24) is 0 Å². The maximum absolute atomic E-state index is 11.7. The number of halogens is 1. The number of benzene rings is 1. The van der Waals surface area contributed by atoms with Crippen LogP contribution in [0, 0.1) is 11.3 Å². The normalized spacial score (nSPS) is 19.5. The van der Waals surface area contributed by atoms with Crippen molar-refractivity contribution in [2.75, 3.05) is 17.2 Å². The molecule has 1 heterocycles. The lowest BCUT2D eigenvalue weighted by Gasteiger charge is -2.20. The highest BCUT2D eigenvalue weighted by atomic mass is 35.5. The van der Waals surface area contributed by atoms with Crippen LogP contribution in [0.15, 0.2) is 12.1 Å². The molecule has 1 fully saturated rings. The molecule has 1 aliphatic rings. The number of aliphatic hydroxyl groups is 1. The molecule has 88 valence electrons. The van der Waals surface area contributed by atoms with Crippen molar-refractivity contribution < 1.29 is 9.90 Å². The van der Waals surface area contributed by atoms with Gasteiger partial charge in [0, 0.05) is 0 Å². The maximum atomic E-state index is 11.7. The third-order valence-corrected chi connectivity index (χ3v) is 2.96. The number of rotatable bonds is 1. The van der Waals surface area contributed by atoms with E-state index in [1.54, 1.807) is 0 Å². The molecule has 3 N–H and O–H groups in total. The Kier molecular flexibility index (Phi) is 2.92. The van der Waals surface area contributed by atoms with E-state index in [9.17, 15) is 9.90 Å². The number of carbonyl (C=O) groups is 1. The highest BCUT2D eigenvalue weighted by Crippen LogP contribution is 2.35. The molecule has 0 radical (unpaired) electrons. The first kappa shape index (κ1) is 11.7. The van der Waals surface area contributed by atoms with Gasteiger partial charge in [-0.05, 0) is 12.1 Å². The second kappa shape index (κ2) is 4.24. The number of hydrogen-bond acceptors (Lipinski definition) is 4. The molecule has 6 heteroatoms. The summed E-state index contributed by atoms with van der Waals surface area (Å²) in [5, 5.41) is 18.7. The highest BCUT2D eigenvalue weighted by Gasteiger charge is 2.32. The summed E-state index contributed by atoms with van der Waals surface area (Å²) >= 11 is 5.89. The molecule has 1 aromatic carbocycles. The molecule has 0 bridgehead atoms. The van der Waals surface area contributed by atoms with Crippen LogP contribution < -0.4 is 10.6 Å². The van der Waals surface area contributed by atoms with Crippen LogP contribution in [0.1, 0.15) is 12.0 Å². The summed E-state index contributed by atoms with van der Waals surface area (Å²) in [6, 6.07) is 4.98. The Morgan fingerprint density at radius 2 is 2.29 bits per heavy atom. The minimum absolute atomic E-state index is 0.0385. The molecule has 2 rings (SSSR count). The summed E-state index contributed by atoms with van der Waals surface area (Å²) in [4.78, 5) is 13.0. The zero-order valence-corrected chi connectivity index (χ0v) is 9.61. The van der Waals surface area contributed by atoms with Crippen molar-refractivity contribution in [1.29, 1.82) is 5.26 Å². The Morgan fingerprint density at radius 1 is 1.59 bits per heavy atom. The quantitative estimate of drug-likeness (QED) is 0.726. The fourth-order valence-electron chi connectivity index (χ4n) is 1.88. The molecular weight excluding hydrogens is 242 g/mol. The maximum Gasteiger partial charge on any atom is 0.229 e. The highest BCUT2D eigenvalue weighted by molar-refractivity contribution is 6.32. The van der Waals surface area contributed by atoms with Gasteiger partial charge >= 0.3 is 0 Å². The summed E-state index contributed by atoms with van der Waals surface area (Å²) in [6.07, 6.45) is -0.691. The van der Waals surface area contributed by atoms with Crippen LogP contribution in [-0.2, 0) is 4.79 Å². The largest absolute Gasteiger partial charge is 0.397 e. The lowest BCUT2D eigenvalue weighted by molar-refractivity contribution is -0.117. The predicted molar refractivity (Wildman–Crippen MR) is 63.6 cm³/mol. The number of nitrogens with two attached hydrogens (primary N) is 1. The molecule has 0 spiro atoms. The topological polar surface area (TPSA) is 90.3 Å². The number of aliphatic hydroxyl groups excluding tert-OH is 1. The smallest absolute Gasteiger partial charge is 0.229 e. The molecule has 0 saturated carbocycles. The molecule has 1 saturated heterocycles. The monoisotopic (exact) mass is 251 g/mol. The van der Waals surface area contributed by atoms with Crippen molar-refractivity contribution in [3.63, 3.8) is 0 Å². The van der Waals surface area contributed by atoms with E-state index in [2.05, 4.69) is 0 Å². The summed E-state index contributed by atoms with van der Waals surface area (Å²) in [5.74, 6) is -0.261. The minimum Gasteiger partial charge on any atom is -0.397 e.